The molecule has 0 saturated heterocycles. The Morgan fingerprint density at radius 1 is 0.277 bits per heavy atom. The summed E-state index contributed by atoms with van der Waals surface area (Å²) < 4.78 is 5.05. The summed E-state index contributed by atoms with van der Waals surface area (Å²) in [5.74, 6) is 0.404. The molecule has 10 aromatic carbocycles. The maximum Gasteiger partial charge on any atom is 0.179 e. The van der Waals surface area contributed by atoms with E-state index in [2.05, 4.69) is 252 Å². The highest BCUT2D eigenvalue weighted by Crippen LogP contribution is 2.58. The van der Waals surface area contributed by atoms with E-state index in [1.165, 1.54) is 103 Å². The number of para-hydroxylation sites is 2. The van der Waals surface area contributed by atoms with Crippen LogP contribution in [-0.4, -0.2) is 17.2 Å². The molecule has 0 unspecified atom stereocenters. The maximum absolute atomic E-state index is 2.68. The van der Waals surface area contributed by atoms with Gasteiger partial charge in [-0.05, 0) is 96.6 Å². The van der Waals surface area contributed by atoms with Crippen LogP contribution in [0.25, 0.3) is 55.0 Å². The van der Waals surface area contributed by atoms with Crippen molar-refractivity contribution in [1.29, 1.82) is 0 Å². The minimum absolute atomic E-state index is 0.179. The third-order valence-electron chi connectivity index (χ3n) is 14.8. The molecule has 304 valence electrons. The first kappa shape index (κ1) is 36.5. The zero-order chi connectivity index (χ0) is 42.6. The Morgan fingerprint density at radius 2 is 0.708 bits per heavy atom. The van der Waals surface area contributed by atoms with Crippen LogP contribution in [0.4, 0.5) is 0 Å². The summed E-state index contributed by atoms with van der Waals surface area (Å²) >= 11 is 0. The minimum atomic E-state index is -2.68. The van der Waals surface area contributed by atoms with Gasteiger partial charge < -0.3 is 9.13 Å². The second-order valence-electron chi connectivity index (χ2n) is 17.9. The van der Waals surface area contributed by atoms with Crippen LogP contribution in [0.1, 0.15) is 45.2 Å². The molecule has 0 amide bonds. The fourth-order valence-electron chi connectivity index (χ4n) is 12.4. The summed E-state index contributed by atoms with van der Waals surface area (Å²) in [6, 6.07) is 91.3. The molecule has 3 heteroatoms. The number of rotatable bonds is 6. The van der Waals surface area contributed by atoms with Gasteiger partial charge in [-0.15, -0.1) is 0 Å². The van der Waals surface area contributed by atoms with E-state index in [1.807, 2.05) is 0 Å². The van der Waals surface area contributed by atoms with E-state index in [4.69, 9.17) is 0 Å². The third kappa shape index (κ3) is 4.99. The second kappa shape index (κ2) is 14.0. The van der Waals surface area contributed by atoms with E-state index in [9.17, 15) is 0 Å². The van der Waals surface area contributed by atoms with Gasteiger partial charge in [-0.2, -0.15) is 0 Å². The molecule has 12 aromatic rings. The zero-order valence-corrected chi connectivity index (χ0v) is 36.6. The van der Waals surface area contributed by atoms with E-state index < -0.39 is 8.07 Å². The van der Waals surface area contributed by atoms with Gasteiger partial charge in [-0.25, -0.2) is 0 Å². The average molecular weight is 843 g/mol. The largest absolute Gasteiger partial charge is 0.309 e. The molecule has 0 spiro atoms. The van der Waals surface area contributed by atoms with Crippen LogP contribution in [0.2, 0.25) is 0 Å². The zero-order valence-electron chi connectivity index (χ0n) is 35.6. The summed E-state index contributed by atoms with van der Waals surface area (Å²) in [5, 5.41) is 10.7. The Hall–Kier alpha value is -7.98. The lowest BCUT2D eigenvalue weighted by Gasteiger charge is -2.42. The van der Waals surface area contributed by atoms with Crippen molar-refractivity contribution < 1.29 is 0 Å². The van der Waals surface area contributed by atoms with Crippen LogP contribution < -0.4 is 20.7 Å². The highest BCUT2D eigenvalue weighted by atomic mass is 28.3. The van der Waals surface area contributed by atoms with Gasteiger partial charge in [-0.1, -0.05) is 200 Å². The number of hydrogen-bond donors (Lipinski definition) is 0. The van der Waals surface area contributed by atoms with Gasteiger partial charge in [0, 0.05) is 39.1 Å². The lowest BCUT2D eigenvalue weighted by atomic mass is 9.60. The van der Waals surface area contributed by atoms with Gasteiger partial charge in [0.2, 0.25) is 0 Å². The van der Waals surface area contributed by atoms with Crippen molar-refractivity contribution in [3.63, 3.8) is 0 Å². The van der Waals surface area contributed by atoms with Crippen molar-refractivity contribution in [1.82, 2.24) is 9.13 Å². The second-order valence-corrected chi connectivity index (χ2v) is 21.7. The Bertz CT molecular complexity index is 3680. The lowest BCUT2D eigenvalue weighted by Crippen LogP contribution is -2.74. The topological polar surface area (TPSA) is 9.86 Å². The highest BCUT2D eigenvalue weighted by molar-refractivity contribution is 7.19. The Kier molecular flexibility index (Phi) is 7.87. The first-order chi connectivity index (χ1) is 32.3. The number of benzene rings is 10. The molecule has 2 aromatic heterocycles. The van der Waals surface area contributed by atoms with Gasteiger partial charge in [0.05, 0.1) is 27.8 Å². The molecule has 0 radical (unpaired) electrons. The smallest absolute Gasteiger partial charge is 0.179 e. The van der Waals surface area contributed by atoms with Crippen molar-refractivity contribution >= 4 is 72.4 Å². The van der Waals surface area contributed by atoms with E-state index >= 15 is 0 Å². The van der Waals surface area contributed by atoms with Gasteiger partial charge >= 0.3 is 0 Å². The Morgan fingerprint density at radius 3 is 1.28 bits per heavy atom. The van der Waals surface area contributed by atoms with Crippen LogP contribution in [0.5, 0.6) is 0 Å². The van der Waals surface area contributed by atoms with Gasteiger partial charge in [0.1, 0.15) is 0 Å². The fraction of sp³-hybridized carbons (Fsp3) is 0.0323. The quantitative estimate of drug-likeness (QED) is 0.117. The summed E-state index contributed by atoms with van der Waals surface area (Å²) in [4.78, 5) is 0. The summed E-state index contributed by atoms with van der Waals surface area (Å²) in [6.07, 6.45) is 0. The predicted molar refractivity (Wildman–Crippen MR) is 274 cm³/mol. The molecular weight excluding hydrogens is 801 g/mol. The number of fused-ring (bicyclic) bond motifs is 6. The lowest BCUT2D eigenvalue weighted by molar-refractivity contribution is 0.761. The standard InChI is InChI=1S/C62H42N2Si/c1-4-19-42(20-5-1)65(43-21-6-2-7-22-43,44-23-8-3-9-24-44)45-37-35-41(36-38-45)63-53-31-16-14-29-50(53)60-55(63)33-18-34-56(60)64-54-32-17-15-30-51(54)61-57(64)40-39-52-58-46-25-10-12-27-48(46)59(62(52)61)49-28-13-11-26-47(49)58/h1-40,58-59H. The molecule has 2 nitrogen and oxygen atoms in total. The van der Waals surface area contributed by atoms with Crippen LogP contribution in [0, 0.1) is 0 Å². The van der Waals surface area contributed by atoms with Crippen molar-refractivity contribution in [2.75, 3.05) is 0 Å². The number of aromatic nitrogens is 2. The summed E-state index contributed by atoms with van der Waals surface area (Å²) in [5.41, 5.74) is 15.9. The van der Waals surface area contributed by atoms with Crippen molar-refractivity contribution in [3.8, 4) is 11.4 Å². The van der Waals surface area contributed by atoms with Crippen molar-refractivity contribution in [2.45, 2.75) is 11.8 Å². The van der Waals surface area contributed by atoms with Gasteiger partial charge in [0.25, 0.3) is 0 Å². The summed E-state index contributed by atoms with van der Waals surface area (Å²) in [7, 11) is -2.68. The molecule has 3 aliphatic carbocycles. The molecule has 15 rings (SSSR count). The van der Waals surface area contributed by atoms with Crippen molar-refractivity contribution in [2.24, 2.45) is 0 Å². The molecule has 0 fully saturated rings. The Labute approximate surface area is 378 Å². The average Bonchev–Trinajstić information content (AvgIpc) is 3.91. The minimum Gasteiger partial charge on any atom is -0.309 e. The van der Waals surface area contributed by atoms with E-state index in [0.29, 0.717) is 0 Å². The molecular formula is C62H42N2Si. The van der Waals surface area contributed by atoms with Crippen LogP contribution in [0.3, 0.4) is 0 Å². The fourth-order valence-corrected chi connectivity index (χ4v) is 17.1. The SMILES string of the molecule is c1ccc([Si](c2ccccc2)(c2ccccc2)c2ccc(-n3c4ccccc4c4c(-n5c6ccccc6c6c7c(ccc65)C5c6ccccc6C7c6ccccc65)cccc43)cc2)cc1. The molecule has 0 saturated carbocycles. The highest BCUT2D eigenvalue weighted by Gasteiger charge is 2.43. The van der Waals surface area contributed by atoms with Gasteiger partial charge in [0.15, 0.2) is 8.07 Å². The first-order valence-electron chi connectivity index (χ1n) is 22.8. The first-order valence-corrected chi connectivity index (χ1v) is 24.8. The summed E-state index contributed by atoms with van der Waals surface area (Å²) in [6.45, 7) is 0. The maximum atomic E-state index is 2.56. The number of hydrogen-bond acceptors (Lipinski definition) is 0. The van der Waals surface area contributed by atoms with Crippen LogP contribution in [0.15, 0.2) is 243 Å². The monoisotopic (exact) mass is 842 g/mol. The van der Waals surface area contributed by atoms with Gasteiger partial charge in [-0.3, -0.25) is 0 Å². The normalized spacial score (nSPS) is 15.1. The molecule has 0 aliphatic heterocycles. The Balaban J connectivity index is 0.994. The molecule has 0 atom stereocenters. The molecule has 65 heavy (non-hydrogen) atoms. The molecule has 2 heterocycles. The molecule has 0 N–H and O–H groups in total. The van der Waals surface area contributed by atoms with E-state index in [-0.39, 0.29) is 11.8 Å². The number of nitrogens with zero attached hydrogens (tertiary/aromatic N) is 2. The van der Waals surface area contributed by atoms with Crippen LogP contribution in [-0.2, 0) is 0 Å². The molecule has 2 bridgehead atoms. The van der Waals surface area contributed by atoms with Crippen molar-refractivity contribution in [3.05, 3.63) is 276 Å². The van der Waals surface area contributed by atoms with E-state index in [0.717, 1.165) is 5.69 Å². The predicted octanol–water partition coefficient (Wildman–Crippen LogP) is 12.2. The van der Waals surface area contributed by atoms with E-state index in [1.54, 1.807) is 0 Å². The van der Waals surface area contributed by atoms with Crippen LogP contribution >= 0.6 is 0 Å². The molecule has 3 aliphatic rings. The third-order valence-corrected chi connectivity index (χ3v) is 19.6.